The predicted octanol–water partition coefficient (Wildman–Crippen LogP) is 3.88. The van der Waals surface area contributed by atoms with Gasteiger partial charge >= 0.3 is 0 Å². The molecule has 108 valence electrons. The molecular formula is C17H12FN3O. The summed E-state index contributed by atoms with van der Waals surface area (Å²) in [6, 6.07) is 16.6. The van der Waals surface area contributed by atoms with E-state index in [9.17, 15) is 4.39 Å². The van der Waals surface area contributed by atoms with Crippen LogP contribution in [0.15, 0.2) is 65.4 Å². The van der Waals surface area contributed by atoms with Crippen LogP contribution in [0.2, 0.25) is 0 Å². The van der Waals surface area contributed by atoms with E-state index in [0.717, 1.165) is 22.2 Å². The third-order valence-corrected chi connectivity index (χ3v) is 3.62. The van der Waals surface area contributed by atoms with Gasteiger partial charge in [0.15, 0.2) is 0 Å². The third-order valence-electron chi connectivity index (χ3n) is 3.62. The minimum atomic E-state index is -0.242. The van der Waals surface area contributed by atoms with Crippen molar-refractivity contribution in [2.75, 3.05) is 0 Å². The van der Waals surface area contributed by atoms with Crippen molar-refractivity contribution >= 4 is 10.9 Å². The first-order chi connectivity index (χ1) is 10.8. The van der Waals surface area contributed by atoms with E-state index in [1.165, 1.54) is 18.5 Å². The monoisotopic (exact) mass is 293 g/mol. The molecule has 22 heavy (non-hydrogen) atoms. The Labute approximate surface area is 125 Å². The fraction of sp³-hybridized carbons (Fsp3) is 0.0588. The van der Waals surface area contributed by atoms with Gasteiger partial charge < -0.3 is 8.98 Å². The number of nitrogens with zero attached hydrogens (tertiary/aromatic N) is 3. The molecule has 2 aromatic carbocycles. The Kier molecular flexibility index (Phi) is 2.96. The first kappa shape index (κ1) is 12.8. The van der Waals surface area contributed by atoms with Crippen LogP contribution in [0, 0.1) is 5.82 Å². The summed E-state index contributed by atoms with van der Waals surface area (Å²) >= 11 is 0. The second-order valence-electron chi connectivity index (χ2n) is 5.05. The maximum atomic E-state index is 13.4. The molecule has 4 nitrogen and oxygen atoms in total. The molecule has 2 aromatic heterocycles. The highest BCUT2D eigenvalue weighted by atomic mass is 19.1. The zero-order valence-electron chi connectivity index (χ0n) is 11.6. The normalized spacial score (nSPS) is 11.1. The molecule has 4 rings (SSSR count). The average molecular weight is 293 g/mol. The summed E-state index contributed by atoms with van der Waals surface area (Å²) in [7, 11) is 0. The molecule has 0 aliphatic rings. The van der Waals surface area contributed by atoms with Gasteiger partial charge in [0.2, 0.25) is 6.39 Å². The molecule has 4 aromatic rings. The van der Waals surface area contributed by atoms with Crippen LogP contribution >= 0.6 is 0 Å². The third kappa shape index (κ3) is 2.16. The summed E-state index contributed by atoms with van der Waals surface area (Å²) in [5.74, 6) is 0.209. The van der Waals surface area contributed by atoms with Gasteiger partial charge in [-0.2, -0.15) is 0 Å². The Balaban J connectivity index is 1.89. The van der Waals surface area contributed by atoms with E-state index in [4.69, 9.17) is 4.42 Å². The molecule has 0 aliphatic carbocycles. The molecule has 0 spiro atoms. The Morgan fingerprint density at radius 3 is 2.77 bits per heavy atom. The van der Waals surface area contributed by atoms with E-state index >= 15 is 0 Å². The van der Waals surface area contributed by atoms with Crippen LogP contribution in [0.3, 0.4) is 0 Å². The maximum absolute atomic E-state index is 13.4. The van der Waals surface area contributed by atoms with Crippen molar-refractivity contribution < 1.29 is 8.81 Å². The number of hydrogen-bond acceptors (Lipinski definition) is 3. The number of aromatic nitrogens is 3. The van der Waals surface area contributed by atoms with Gasteiger partial charge in [0, 0.05) is 17.4 Å². The molecule has 5 heteroatoms. The Hall–Kier alpha value is -2.95. The first-order valence-corrected chi connectivity index (χ1v) is 6.90. The minimum absolute atomic E-state index is 0.242. The van der Waals surface area contributed by atoms with Crippen molar-refractivity contribution in [2.24, 2.45) is 0 Å². The Morgan fingerprint density at radius 2 is 1.95 bits per heavy atom. The Morgan fingerprint density at radius 1 is 1.05 bits per heavy atom. The molecule has 0 saturated carbocycles. The average Bonchev–Trinajstić information content (AvgIpc) is 3.15. The van der Waals surface area contributed by atoms with Crippen molar-refractivity contribution in [3.05, 3.63) is 72.4 Å². The van der Waals surface area contributed by atoms with E-state index in [2.05, 4.69) is 14.8 Å². The molecule has 0 aliphatic heterocycles. The van der Waals surface area contributed by atoms with Crippen LogP contribution in [0.5, 0.6) is 0 Å². The van der Waals surface area contributed by atoms with E-state index in [-0.39, 0.29) is 5.82 Å². The van der Waals surface area contributed by atoms with Crippen LogP contribution in [0.4, 0.5) is 4.39 Å². The van der Waals surface area contributed by atoms with Crippen molar-refractivity contribution in [1.29, 1.82) is 0 Å². The quantitative estimate of drug-likeness (QED) is 0.576. The van der Waals surface area contributed by atoms with Crippen molar-refractivity contribution in [1.82, 2.24) is 14.8 Å². The van der Waals surface area contributed by atoms with Gasteiger partial charge in [-0.1, -0.05) is 30.3 Å². The maximum Gasteiger partial charge on any atom is 0.264 e. The first-order valence-electron chi connectivity index (χ1n) is 6.90. The zero-order valence-corrected chi connectivity index (χ0v) is 11.6. The summed E-state index contributed by atoms with van der Waals surface area (Å²) in [6.45, 7) is 0.531. The smallest absolute Gasteiger partial charge is 0.264 e. The second kappa shape index (κ2) is 5.11. The van der Waals surface area contributed by atoms with Gasteiger partial charge in [-0.3, -0.25) is 0 Å². The summed E-state index contributed by atoms with van der Waals surface area (Å²) in [4.78, 5) is 0. The van der Waals surface area contributed by atoms with Gasteiger partial charge in [-0.05, 0) is 29.8 Å². The predicted molar refractivity (Wildman–Crippen MR) is 80.7 cm³/mol. The highest BCUT2D eigenvalue weighted by molar-refractivity contribution is 5.85. The van der Waals surface area contributed by atoms with Gasteiger partial charge in [0.1, 0.15) is 11.5 Å². The fourth-order valence-corrected chi connectivity index (χ4v) is 2.66. The van der Waals surface area contributed by atoms with Crippen molar-refractivity contribution in [3.63, 3.8) is 0 Å². The molecule has 0 unspecified atom stereocenters. The van der Waals surface area contributed by atoms with E-state index in [1.54, 1.807) is 6.07 Å². The van der Waals surface area contributed by atoms with Crippen LogP contribution < -0.4 is 0 Å². The Bertz CT molecular complexity index is 928. The molecule has 0 N–H and O–H groups in total. The van der Waals surface area contributed by atoms with Gasteiger partial charge in [0.05, 0.1) is 0 Å². The van der Waals surface area contributed by atoms with E-state index in [1.807, 2.05) is 36.4 Å². The second-order valence-corrected chi connectivity index (χ2v) is 5.05. The topological polar surface area (TPSA) is 43.9 Å². The molecule has 0 radical (unpaired) electrons. The molecule has 0 atom stereocenters. The lowest BCUT2D eigenvalue weighted by atomic mass is 10.2. The van der Waals surface area contributed by atoms with Crippen LogP contribution in [0.25, 0.3) is 22.5 Å². The summed E-state index contributed by atoms with van der Waals surface area (Å²) in [5, 5.41) is 8.81. The molecule has 0 amide bonds. The van der Waals surface area contributed by atoms with E-state index in [0.29, 0.717) is 12.4 Å². The van der Waals surface area contributed by atoms with Crippen LogP contribution in [-0.4, -0.2) is 14.8 Å². The molecule has 0 bridgehead atoms. The number of benzene rings is 2. The van der Waals surface area contributed by atoms with Crippen molar-refractivity contribution in [2.45, 2.75) is 6.54 Å². The molecule has 0 saturated heterocycles. The summed E-state index contributed by atoms with van der Waals surface area (Å²) < 4.78 is 20.8. The van der Waals surface area contributed by atoms with E-state index < -0.39 is 0 Å². The fourth-order valence-electron chi connectivity index (χ4n) is 2.66. The highest BCUT2D eigenvalue weighted by Crippen LogP contribution is 2.27. The highest BCUT2D eigenvalue weighted by Gasteiger charge is 2.14. The van der Waals surface area contributed by atoms with Gasteiger partial charge in [0.25, 0.3) is 5.89 Å². The number of hydrogen-bond donors (Lipinski definition) is 0. The largest absolute Gasteiger partial charge is 0.422 e. The summed E-state index contributed by atoms with van der Waals surface area (Å²) in [5.41, 5.74) is 2.74. The lowest BCUT2D eigenvalue weighted by Gasteiger charge is -2.09. The number of rotatable bonds is 3. The molecule has 2 heterocycles. The summed E-state index contributed by atoms with van der Waals surface area (Å²) in [6.07, 6.45) is 1.31. The zero-order chi connectivity index (χ0) is 14.9. The minimum Gasteiger partial charge on any atom is -0.422 e. The van der Waals surface area contributed by atoms with Gasteiger partial charge in [-0.15, -0.1) is 10.2 Å². The van der Waals surface area contributed by atoms with Crippen LogP contribution in [0.1, 0.15) is 5.56 Å². The SMILES string of the molecule is Fc1cccc(Cn2c(-c3nnco3)cc3ccccc32)c1. The van der Waals surface area contributed by atoms with Crippen LogP contribution in [-0.2, 0) is 6.54 Å². The lowest BCUT2D eigenvalue weighted by Crippen LogP contribution is -2.02. The number of halogens is 1. The number of fused-ring (bicyclic) bond motifs is 1. The lowest BCUT2D eigenvalue weighted by molar-refractivity contribution is 0.562. The standard InChI is InChI=1S/C17H12FN3O/c18-14-6-3-4-12(8-14)10-21-15-7-2-1-5-13(15)9-16(21)17-20-19-11-22-17/h1-9,11H,10H2. The number of para-hydroxylation sites is 1. The molecular weight excluding hydrogens is 281 g/mol. The van der Waals surface area contributed by atoms with Crippen molar-refractivity contribution in [3.8, 4) is 11.6 Å². The van der Waals surface area contributed by atoms with Gasteiger partial charge in [-0.25, -0.2) is 4.39 Å². The molecule has 0 fully saturated rings.